The van der Waals surface area contributed by atoms with Crippen LogP contribution in [0.4, 0.5) is 0 Å². The number of aliphatic carboxylic acids is 1. The highest BCUT2D eigenvalue weighted by Gasteiger charge is 2.45. The fourth-order valence-corrected chi connectivity index (χ4v) is 4.64. The molecule has 0 amide bonds. The summed E-state index contributed by atoms with van der Waals surface area (Å²) in [6.45, 7) is 2.84. The normalized spacial score (nSPS) is 30.4. The summed E-state index contributed by atoms with van der Waals surface area (Å²) in [7, 11) is 0. The monoisotopic (exact) mass is 294 g/mol. The molecule has 3 unspecified atom stereocenters. The summed E-state index contributed by atoms with van der Waals surface area (Å²) in [6.07, 6.45) is 8.62. The molecule has 110 valence electrons. The molecule has 20 heavy (non-hydrogen) atoms. The van der Waals surface area contributed by atoms with Crippen LogP contribution >= 0.6 is 11.3 Å². The first-order chi connectivity index (χ1) is 9.69. The van der Waals surface area contributed by atoms with Gasteiger partial charge in [0.25, 0.3) is 0 Å². The van der Waals surface area contributed by atoms with Crippen LogP contribution < -0.4 is 0 Å². The minimum Gasteiger partial charge on any atom is -0.480 e. The van der Waals surface area contributed by atoms with Crippen LogP contribution in [0.3, 0.4) is 0 Å². The van der Waals surface area contributed by atoms with Crippen molar-refractivity contribution in [1.29, 1.82) is 0 Å². The van der Waals surface area contributed by atoms with Gasteiger partial charge >= 0.3 is 5.97 Å². The van der Waals surface area contributed by atoms with E-state index in [0.29, 0.717) is 18.5 Å². The van der Waals surface area contributed by atoms with Crippen LogP contribution in [0.5, 0.6) is 0 Å². The molecular formula is C15H22N2O2S. The zero-order valence-corrected chi connectivity index (χ0v) is 12.7. The number of rotatable bonds is 4. The predicted octanol–water partition coefficient (Wildman–Crippen LogP) is 2.92. The molecule has 2 aliphatic rings. The number of carboxylic acids is 1. The summed E-state index contributed by atoms with van der Waals surface area (Å²) in [6, 6.07) is 0.149. The lowest BCUT2D eigenvalue weighted by Gasteiger charge is -2.32. The Bertz CT molecular complexity index is 488. The Kier molecular flexibility index (Phi) is 4.08. The van der Waals surface area contributed by atoms with Gasteiger partial charge in [0, 0.05) is 17.1 Å². The predicted molar refractivity (Wildman–Crippen MR) is 78.8 cm³/mol. The molecule has 1 aromatic rings. The Morgan fingerprint density at radius 1 is 1.50 bits per heavy atom. The molecule has 1 aliphatic heterocycles. The van der Waals surface area contributed by atoms with E-state index in [1.165, 1.54) is 24.1 Å². The van der Waals surface area contributed by atoms with Gasteiger partial charge in [-0.15, -0.1) is 11.3 Å². The van der Waals surface area contributed by atoms with Crippen molar-refractivity contribution in [3.05, 3.63) is 16.1 Å². The maximum Gasteiger partial charge on any atom is 0.320 e. The number of aryl methyl sites for hydroxylation is 1. The molecule has 5 heteroatoms. The molecule has 3 rings (SSSR count). The van der Waals surface area contributed by atoms with Gasteiger partial charge in [0.1, 0.15) is 11.0 Å². The van der Waals surface area contributed by atoms with Crippen LogP contribution in [-0.4, -0.2) is 33.0 Å². The number of carboxylic acid groups (broad SMARTS) is 1. The van der Waals surface area contributed by atoms with Crippen molar-refractivity contribution in [2.75, 3.05) is 0 Å². The number of aromatic nitrogens is 1. The smallest absolute Gasteiger partial charge is 0.320 e. The summed E-state index contributed by atoms with van der Waals surface area (Å²) in [4.78, 5) is 19.5. The fraction of sp³-hybridized carbons (Fsp3) is 0.733. The van der Waals surface area contributed by atoms with Crippen molar-refractivity contribution in [2.24, 2.45) is 5.92 Å². The first-order valence-electron chi connectivity index (χ1n) is 7.61. The number of hydrogen-bond acceptors (Lipinski definition) is 4. The van der Waals surface area contributed by atoms with Crippen molar-refractivity contribution in [3.8, 4) is 0 Å². The van der Waals surface area contributed by atoms with Crippen LogP contribution in [0.15, 0.2) is 6.20 Å². The van der Waals surface area contributed by atoms with Gasteiger partial charge in [0.2, 0.25) is 0 Å². The molecule has 4 nitrogen and oxygen atoms in total. The van der Waals surface area contributed by atoms with E-state index >= 15 is 0 Å². The van der Waals surface area contributed by atoms with Gasteiger partial charge in [-0.25, -0.2) is 4.98 Å². The molecule has 1 N–H and O–H groups in total. The third kappa shape index (κ3) is 2.61. The average Bonchev–Trinajstić information content (AvgIpc) is 3.04. The summed E-state index contributed by atoms with van der Waals surface area (Å²) >= 11 is 1.73. The lowest BCUT2D eigenvalue weighted by Crippen LogP contribution is -2.41. The van der Waals surface area contributed by atoms with E-state index in [-0.39, 0.29) is 6.04 Å². The third-order valence-corrected chi connectivity index (χ3v) is 5.90. The van der Waals surface area contributed by atoms with E-state index in [1.807, 2.05) is 6.20 Å². The maximum absolute atomic E-state index is 11.5. The van der Waals surface area contributed by atoms with Crippen molar-refractivity contribution in [3.63, 3.8) is 0 Å². The molecule has 0 radical (unpaired) electrons. The number of nitrogens with zero attached hydrogens (tertiary/aromatic N) is 2. The Labute approximate surface area is 123 Å². The number of fused-ring (bicyclic) bond motifs is 1. The average molecular weight is 294 g/mol. The van der Waals surface area contributed by atoms with E-state index < -0.39 is 5.97 Å². The Balaban J connectivity index is 1.78. The van der Waals surface area contributed by atoms with E-state index in [1.54, 1.807) is 11.3 Å². The fourth-order valence-electron chi connectivity index (χ4n) is 3.76. The van der Waals surface area contributed by atoms with E-state index in [9.17, 15) is 9.90 Å². The third-order valence-electron chi connectivity index (χ3n) is 4.77. The minimum atomic E-state index is -0.660. The van der Waals surface area contributed by atoms with Gasteiger partial charge in [-0.1, -0.05) is 19.8 Å². The van der Waals surface area contributed by atoms with Gasteiger partial charge in [-0.3, -0.25) is 9.69 Å². The van der Waals surface area contributed by atoms with Crippen molar-refractivity contribution >= 4 is 17.3 Å². The first kappa shape index (κ1) is 14.0. The lowest BCUT2D eigenvalue weighted by molar-refractivity contribution is -0.142. The number of likely N-dealkylation sites (tertiary alicyclic amines) is 1. The van der Waals surface area contributed by atoms with Gasteiger partial charge in [0.15, 0.2) is 0 Å². The lowest BCUT2D eigenvalue weighted by atomic mass is 9.85. The minimum absolute atomic E-state index is 0.308. The number of hydrogen-bond donors (Lipinski definition) is 1. The zero-order valence-electron chi connectivity index (χ0n) is 11.9. The molecule has 0 aromatic carbocycles. The van der Waals surface area contributed by atoms with Crippen molar-refractivity contribution < 1.29 is 9.90 Å². The van der Waals surface area contributed by atoms with E-state index in [2.05, 4.69) is 16.8 Å². The second kappa shape index (κ2) is 5.82. The van der Waals surface area contributed by atoms with Crippen LogP contribution in [0.2, 0.25) is 0 Å². The SMILES string of the molecule is CCc1cnc(CN2C(C(=O)O)CC3CCCCC32)s1. The second-order valence-electron chi connectivity index (χ2n) is 5.95. The van der Waals surface area contributed by atoms with Crippen LogP contribution in [0, 0.1) is 5.92 Å². The van der Waals surface area contributed by atoms with Gasteiger partial charge in [0.05, 0.1) is 6.54 Å². The van der Waals surface area contributed by atoms with Crippen LogP contribution in [0.25, 0.3) is 0 Å². The summed E-state index contributed by atoms with van der Waals surface area (Å²) < 4.78 is 0. The Morgan fingerprint density at radius 3 is 3.00 bits per heavy atom. The summed E-state index contributed by atoms with van der Waals surface area (Å²) in [5.41, 5.74) is 0. The summed E-state index contributed by atoms with van der Waals surface area (Å²) in [5, 5.41) is 10.6. The summed E-state index contributed by atoms with van der Waals surface area (Å²) in [5.74, 6) is -0.0814. The van der Waals surface area contributed by atoms with Crippen LogP contribution in [0.1, 0.15) is 48.9 Å². The van der Waals surface area contributed by atoms with Crippen molar-refractivity contribution in [2.45, 2.75) is 64.1 Å². The molecule has 2 fully saturated rings. The maximum atomic E-state index is 11.5. The molecule has 1 saturated heterocycles. The van der Waals surface area contributed by atoms with Gasteiger partial charge in [-0.2, -0.15) is 0 Å². The second-order valence-corrected chi connectivity index (χ2v) is 7.15. The number of carbonyl (C=O) groups is 1. The molecule has 1 aliphatic carbocycles. The number of thiazole rings is 1. The van der Waals surface area contributed by atoms with Gasteiger partial charge in [-0.05, 0) is 31.6 Å². The zero-order chi connectivity index (χ0) is 14.1. The quantitative estimate of drug-likeness (QED) is 0.927. The molecule has 3 atom stereocenters. The molecule has 0 bridgehead atoms. The van der Waals surface area contributed by atoms with Crippen molar-refractivity contribution in [1.82, 2.24) is 9.88 Å². The topological polar surface area (TPSA) is 53.4 Å². The molecule has 1 saturated carbocycles. The highest BCUT2D eigenvalue weighted by molar-refractivity contribution is 7.11. The molecule has 0 spiro atoms. The first-order valence-corrected chi connectivity index (χ1v) is 8.42. The highest BCUT2D eigenvalue weighted by atomic mass is 32.1. The molecule has 1 aromatic heterocycles. The Morgan fingerprint density at radius 2 is 2.30 bits per heavy atom. The molecule has 2 heterocycles. The highest BCUT2D eigenvalue weighted by Crippen LogP contribution is 2.40. The molecular weight excluding hydrogens is 272 g/mol. The van der Waals surface area contributed by atoms with E-state index in [0.717, 1.165) is 24.3 Å². The standard InChI is InChI=1S/C15H22N2O2S/c1-2-11-8-16-14(20-11)9-17-12-6-4-3-5-10(12)7-13(17)15(18)19/h8,10,12-13H,2-7,9H2,1H3,(H,18,19). The Hall–Kier alpha value is -0.940. The largest absolute Gasteiger partial charge is 0.480 e. The van der Waals surface area contributed by atoms with Gasteiger partial charge < -0.3 is 5.11 Å². The van der Waals surface area contributed by atoms with E-state index in [4.69, 9.17) is 0 Å². The van der Waals surface area contributed by atoms with Crippen LogP contribution in [-0.2, 0) is 17.8 Å².